The molecule has 1 N–H and O–H groups in total. The van der Waals surface area contributed by atoms with Crippen LogP contribution in [0.15, 0.2) is 66.7 Å². The highest BCUT2D eigenvalue weighted by Crippen LogP contribution is 2.19. The van der Waals surface area contributed by atoms with Gasteiger partial charge in [-0.2, -0.15) is 0 Å². The van der Waals surface area contributed by atoms with Gasteiger partial charge in [-0.1, -0.05) is 42.5 Å². The summed E-state index contributed by atoms with van der Waals surface area (Å²) in [6.07, 6.45) is 1.03. The van der Waals surface area contributed by atoms with Crippen LogP contribution in [0, 0.1) is 0 Å². The Morgan fingerprint density at radius 2 is 1.76 bits per heavy atom. The fraction of sp³-hybridized carbons (Fsp3) is 0.292. The predicted molar refractivity (Wildman–Crippen MR) is 114 cm³/mol. The smallest absolute Gasteiger partial charge is 0.268 e. The molecule has 0 radical (unpaired) electrons. The first-order valence-corrected chi connectivity index (χ1v) is 10.1. The van der Waals surface area contributed by atoms with Gasteiger partial charge in [0, 0.05) is 38.4 Å². The van der Waals surface area contributed by atoms with E-state index in [4.69, 9.17) is 4.74 Å². The van der Waals surface area contributed by atoms with E-state index in [9.17, 15) is 4.79 Å². The number of ether oxygens (including phenoxy) is 1. The summed E-state index contributed by atoms with van der Waals surface area (Å²) < 4.78 is 7.35. The highest BCUT2D eigenvalue weighted by atomic mass is 16.5. The minimum atomic E-state index is -0.0245. The normalized spacial score (nSPS) is 14.1. The molecule has 5 heteroatoms. The van der Waals surface area contributed by atoms with Crippen LogP contribution >= 0.6 is 0 Å². The molecule has 1 aromatic heterocycles. The summed E-state index contributed by atoms with van der Waals surface area (Å²) in [5.74, 6) is 0.792. The summed E-state index contributed by atoms with van der Waals surface area (Å²) in [5, 5.41) is 3.05. The molecule has 0 saturated carbocycles. The van der Waals surface area contributed by atoms with E-state index in [1.807, 2.05) is 36.4 Å². The molecular formula is C24H27N3O2. The topological polar surface area (TPSA) is 46.5 Å². The maximum atomic E-state index is 12.8. The van der Waals surface area contributed by atoms with E-state index in [2.05, 4.69) is 45.1 Å². The van der Waals surface area contributed by atoms with Gasteiger partial charge in [-0.3, -0.25) is 9.69 Å². The van der Waals surface area contributed by atoms with Crippen LogP contribution in [0.4, 0.5) is 0 Å². The van der Waals surface area contributed by atoms with E-state index < -0.39 is 0 Å². The van der Waals surface area contributed by atoms with Gasteiger partial charge >= 0.3 is 0 Å². The number of hydrogen-bond acceptors (Lipinski definition) is 3. The number of amides is 1. The number of nitrogens with one attached hydrogen (secondary N) is 1. The number of rotatable bonds is 6. The second-order valence-electron chi connectivity index (χ2n) is 7.44. The fourth-order valence-corrected chi connectivity index (χ4v) is 3.86. The largest absolute Gasteiger partial charge is 0.497 e. The summed E-state index contributed by atoms with van der Waals surface area (Å²) in [5.41, 5.74) is 4.32. The van der Waals surface area contributed by atoms with Crippen LogP contribution in [0.5, 0.6) is 5.75 Å². The Balaban J connectivity index is 1.40. The highest BCUT2D eigenvalue weighted by molar-refractivity contribution is 5.92. The summed E-state index contributed by atoms with van der Waals surface area (Å²) >= 11 is 0. The Bertz CT molecular complexity index is 948. The summed E-state index contributed by atoms with van der Waals surface area (Å²) in [6.45, 7) is 4.21. The first kappa shape index (κ1) is 19.3. The lowest BCUT2D eigenvalue weighted by atomic mass is 10.2. The Morgan fingerprint density at radius 3 is 2.52 bits per heavy atom. The lowest BCUT2D eigenvalue weighted by Gasteiger charge is -2.19. The number of benzene rings is 2. The Labute approximate surface area is 171 Å². The molecule has 0 fully saturated rings. The van der Waals surface area contributed by atoms with Gasteiger partial charge in [0.1, 0.15) is 11.4 Å². The summed E-state index contributed by atoms with van der Waals surface area (Å²) in [7, 11) is 1.65. The van der Waals surface area contributed by atoms with Crippen LogP contribution < -0.4 is 10.1 Å². The van der Waals surface area contributed by atoms with Crippen molar-refractivity contribution >= 4 is 5.91 Å². The predicted octanol–water partition coefficient (Wildman–Crippen LogP) is 3.83. The van der Waals surface area contributed by atoms with E-state index >= 15 is 0 Å². The van der Waals surface area contributed by atoms with E-state index in [-0.39, 0.29) is 5.91 Å². The van der Waals surface area contributed by atoms with E-state index in [1.54, 1.807) is 7.11 Å². The molecule has 1 aliphatic heterocycles. The second kappa shape index (κ2) is 8.97. The molecular weight excluding hydrogens is 362 g/mol. The third kappa shape index (κ3) is 4.69. The van der Waals surface area contributed by atoms with Crippen LogP contribution in [0.2, 0.25) is 0 Å². The Kier molecular flexibility index (Phi) is 5.96. The average molecular weight is 389 g/mol. The van der Waals surface area contributed by atoms with Gasteiger partial charge in [-0.05, 0) is 41.8 Å². The first-order chi connectivity index (χ1) is 14.2. The van der Waals surface area contributed by atoms with Crippen molar-refractivity contribution in [3.8, 4) is 5.75 Å². The van der Waals surface area contributed by atoms with Crippen molar-refractivity contribution in [2.24, 2.45) is 0 Å². The number of aromatic nitrogens is 1. The van der Waals surface area contributed by atoms with Crippen LogP contribution in [0.1, 0.15) is 33.7 Å². The number of hydrogen-bond donors (Lipinski definition) is 1. The molecule has 3 aromatic rings. The zero-order chi connectivity index (χ0) is 20.1. The number of fused-ring (bicyclic) bond motifs is 1. The van der Waals surface area contributed by atoms with Crippen molar-refractivity contribution in [2.45, 2.75) is 32.6 Å². The Hall–Kier alpha value is -3.05. The van der Waals surface area contributed by atoms with Crippen LogP contribution in [-0.4, -0.2) is 29.0 Å². The highest BCUT2D eigenvalue weighted by Gasteiger charge is 2.20. The van der Waals surface area contributed by atoms with E-state index in [0.29, 0.717) is 6.54 Å². The molecule has 29 heavy (non-hydrogen) atoms. The van der Waals surface area contributed by atoms with Crippen molar-refractivity contribution in [1.82, 2.24) is 14.8 Å². The third-order valence-corrected chi connectivity index (χ3v) is 5.41. The number of carbonyl (C=O) groups is 1. The molecule has 0 atom stereocenters. The van der Waals surface area contributed by atoms with Gasteiger partial charge in [0.25, 0.3) is 5.91 Å². The molecule has 0 unspecified atom stereocenters. The molecule has 2 heterocycles. The standard InChI is InChI=1S/C24H27N3O2/c1-29-22-11-8-19(9-12-22)16-25-24(28)23-13-10-21-18-26(14-5-15-27(21)23)17-20-6-3-2-4-7-20/h2-4,6-13H,5,14-18H2,1H3,(H,25,28). The van der Waals surface area contributed by atoms with E-state index in [1.165, 1.54) is 11.3 Å². The van der Waals surface area contributed by atoms with Crippen molar-refractivity contribution in [1.29, 1.82) is 0 Å². The van der Waals surface area contributed by atoms with Gasteiger partial charge in [-0.15, -0.1) is 0 Å². The maximum Gasteiger partial charge on any atom is 0.268 e. The maximum absolute atomic E-state index is 12.8. The monoisotopic (exact) mass is 389 g/mol. The minimum absolute atomic E-state index is 0.0245. The molecule has 4 rings (SSSR count). The van der Waals surface area contributed by atoms with Crippen molar-refractivity contribution < 1.29 is 9.53 Å². The van der Waals surface area contributed by atoms with Gasteiger partial charge < -0.3 is 14.6 Å². The number of nitrogens with zero attached hydrogens (tertiary/aromatic N) is 2. The van der Waals surface area contributed by atoms with Crippen LogP contribution in [-0.2, 0) is 26.2 Å². The van der Waals surface area contributed by atoms with Crippen LogP contribution in [0.3, 0.4) is 0 Å². The van der Waals surface area contributed by atoms with Gasteiger partial charge in [0.05, 0.1) is 7.11 Å². The Morgan fingerprint density at radius 1 is 0.966 bits per heavy atom. The molecule has 1 aliphatic rings. The minimum Gasteiger partial charge on any atom is -0.497 e. The van der Waals surface area contributed by atoms with Crippen LogP contribution in [0.25, 0.3) is 0 Å². The zero-order valence-electron chi connectivity index (χ0n) is 16.8. The third-order valence-electron chi connectivity index (χ3n) is 5.41. The van der Waals surface area contributed by atoms with Crippen molar-refractivity contribution in [3.05, 3.63) is 89.2 Å². The van der Waals surface area contributed by atoms with E-state index in [0.717, 1.165) is 49.6 Å². The number of methoxy groups -OCH3 is 1. The lowest BCUT2D eigenvalue weighted by molar-refractivity contribution is 0.0941. The lowest BCUT2D eigenvalue weighted by Crippen LogP contribution is -2.26. The number of carbonyl (C=O) groups excluding carboxylic acids is 1. The quantitative estimate of drug-likeness (QED) is 0.697. The molecule has 2 aromatic carbocycles. The molecule has 0 bridgehead atoms. The molecule has 0 spiro atoms. The average Bonchev–Trinajstić information content (AvgIpc) is 3.05. The summed E-state index contributed by atoms with van der Waals surface area (Å²) in [6, 6.07) is 22.4. The first-order valence-electron chi connectivity index (χ1n) is 10.1. The zero-order valence-corrected chi connectivity index (χ0v) is 16.8. The molecule has 0 aliphatic carbocycles. The molecule has 5 nitrogen and oxygen atoms in total. The fourth-order valence-electron chi connectivity index (χ4n) is 3.86. The molecule has 1 amide bonds. The van der Waals surface area contributed by atoms with Crippen molar-refractivity contribution in [3.63, 3.8) is 0 Å². The summed E-state index contributed by atoms with van der Waals surface area (Å²) in [4.78, 5) is 15.2. The molecule has 150 valence electrons. The SMILES string of the molecule is COc1ccc(CNC(=O)c2ccc3n2CCCN(Cc2ccccc2)C3)cc1. The van der Waals surface area contributed by atoms with Gasteiger partial charge in [0.15, 0.2) is 0 Å². The molecule has 0 saturated heterocycles. The second-order valence-corrected chi connectivity index (χ2v) is 7.44. The van der Waals surface area contributed by atoms with Crippen molar-refractivity contribution in [2.75, 3.05) is 13.7 Å². The van der Waals surface area contributed by atoms with Gasteiger partial charge in [0.2, 0.25) is 0 Å². The van der Waals surface area contributed by atoms with Gasteiger partial charge in [-0.25, -0.2) is 0 Å².